The zero-order valence-electron chi connectivity index (χ0n) is 21.0. The van der Waals surface area contributed by atoms with Crippen molar-refractivity contribution >= 4 is 29.1 Å². The Bertz CT molecular complexity index is 1250. The van der Waals surface area contributed by atoms with E-state index in [-0.39, 0.29) is 30.3 Å². The highest BCUT2D eigenvalue weighted by Crippen LogP contribution is 2.56. The molecule has 4 aliphatic rings. The molecule has 2 aliphatic heterocycles. The van der Waals surface area contributed by atoms with Gasteiger partial charge in [0.15, 0.2) is 0 Å². The van der Waals surface area contributed by atoms with Crippen LogP contribution in [-0.4, -0.2) is 58.8 Å². The van der Waals surface area contributed by atoms with E-state index < -0.39 is 17.2 Å². The number of rotatable bonds is 3. The molecule has 0 radical (unpaired) electrons. The Labute approximate surface area is 224 Å². The lowest BCUT2D eigenvalue weighted by Crippen LogP contribution is -2.53. The predicted molar refractivity (Wildman–Crippen MR) is 137 cm³/mol. The zero-order valence-corrected chi connectivity index (χ0v) is 21.8. The number of hydrogen-bond acceptors (Lipinski definition) is 4. The van der Waals surface area contributed by atoms with Gasteiger partial charge < -0.3 is 9.80 Å². The Morgan fingerprint density at radius 3 is 2.63 bits per heavy atom. The number of benzene rings is 1. The van der Waals surface area contributed by atoms with Crippen molar-refractivity contribution in [1.29, 1.82) is 0 Å². The summed E-state index contributed by atoms with van der Waals surface area (Å²) in [7, 11) is 0. The number of amides is 2. The molecule has 2 aliphatic carbocycles. The van der Waals surface area contributed by atoms with Crippen molar-refractivity contribution < 1.29 is 22.8 Å². The quantitative estimate of drug-likeness (QED) is 0.547. The molecule has 0 N–H and O–H groups in total. The minimum atomic E-state index is -4.46. The van der Waals surface area contributed by atoms with Crippen LogP contribution in [0.15, 0.2) is 36.5 Å². The van der Waals surface area contributed by atoms with Gasteiger partial charge in [-0.3, -0.25) is 19.5 Å². The molecule has 3 atom stereocenters. The van der Waals surface area contributed by atoms with Crippen LogP contribution in [0.2, 0.25) is 5.02 Å². The minimum absolute atomic E-state index is 0.0385. The molecule has 2 amide bonds. The fourth-order valence-electron chi connectivity index (χ4n) is 7.20. The standard InChI is InChI=1S/C28H30ClF3N4O2/c29-21-3-5-22(6-4-21)36-11-10-34(17-25(36)37)23-13-19-2-1-8-27(19,14-23)26(38)35-9-7-24-18(16-35)12-20(15-33-24)28(30,31)32/h3-6,12,15,19,23H,1-2,7-11,13-14,16-17H2/t19-,23+,27-/m1/s1. The van der Waals surface area contributed by atoms with Gasteiger partial charge in [-0.15, -0.1) is 0 Å². The SMILES string of the molecule is O=C1CN([C@H]2C[C@H]3CCC[C@@]3(C(=O)N3CCc4ncc(C(F)(F)F)cc4C3)C2)CCN1c1ccc(Cl)cc1. The van der Waals surface area contributed by atoms with Crippen LogP contribution in [0.5, 0.6) is 0 Å². The number of carbonyl (C=O) groups is 2. The van der Waals surface area contributed by atoms with Crippen molar-refractivity contribution in [2.45, 2.75) is 57.3 Å². The lowest BCUT2D eigenvalue weighted by atomic mass is 9.78. The van der Waals surface area contributed by atoms with Crippen molar-refractivity contribution in [2.24, 2.45) is 11.3 Å². The maximum atomic E-state index is 14.0. The summed E-state index contributed by atoms with van der Waals surface area (Å²) in [6, 6.07) is 8.57. The number of fused-ring (bicyclic) bond motifs is 2. The Balaban J connectivity index is 1.16. The second-order valence-electron chi connectivity index (χ2n) is 11.1. The number of piperazine rings is 1. The predicted octanol–water partition coefficient (Wildman–Crippen LogP) is 4.94. The second kappa shape index (κ2) is 9.52. The molecule has 6 rings (SSSR count). The zero-order chi connectivity index (χ0) is 26.7. The highest BCUT2D eigenvalue weighted by Gasteiger charge is 2.57. The molecule has 1 aromatic carbocycles. The maximum Gasteiger partial charge on any atom is 0.417 e. The van der Waals surface area contributed by atoms with Gasteiger partial charge in [0.25, 0.3) is 0 Å². The van der Waals surface area contributed by atoms with Crippen molar-refractivity contribution in [2.75, 3.05) is 31.1 Å². The van der Waals surface area contributed by atoms with Crippen LogP contribution in [0.1, 0.15) is 48.9 Å². The van der Waals surface area contributed by atoms with E-state index in [1.807, 2.05) is 12.1 Å². The summed E-state index contributed by atoms with van der Waals surface area (Å²) in [4.78, 5) is 36.9. The molecule has 202 valence electrons. The number of carbonyl (C=O) groups excluding carboxylic acids is 2. The first-order valence-electron chi connectivity index (χ1n) is 13.3. The van der Waals surface area contributed by atoms with E-state index in [0.717, 1.165) is 50.2 Å². The first-order chi connectivity index (χ1) is 18.1. The third kappa shape index (κ3) is 4.47. The smallest absolute Gasteiger partial charge is 0.337 e. The molecule has 0 unspecified atom stereocenters. The van der Waals surface area contributed by atoms with Crippen LogP contribution < -0.4 is 4.90 Å². The average Bonchev–Trinajstić information content (AvgIpc) is 3.46. The number of halogens is 4. The molecule has 0 spiro atoms. The summed E-state index contributed by atoms with van der Waals surface area (Å²) in [5, 5.41) is 0.626. The summed E-state index contributed by atoms with van der Waals surface area (Å²) < 4.78 is 39.8. The van der Waals surface area contributed by atoms with Crippen LogP contribution in [-0.2, 0) is 28.7 Å². The molecule has 10 heteroatoms. The summed E-state index contributed by atoms with van der Waals surface area (Å²) in [5.41, 5.74) is 0.703. The lowest BCUT2D eigenvalue weighted by Gasteiger charge is -2.39. The van der Waals surface area contributed by atoms with Gasteiger partial charge >= 0.3 is 6.18 Å². The van der Waals surface area contributed by atoms with E-state index in [1.54, 1.807) is 21.9 Å². The molecule has 3 heterocycles. The van der Waals surface area contributed by atoms with Gasteiger partial charge in [-0.25, -0.2) is 0 Å². The Hall–Kier alpha value is -2.65. The molecule has 1 aromatic heterocycles. The Kier molecular flexibility index (Phi) is 6.42. The average molecular weight is 547 g/mol. The van der Waals surface area contributed by atoms with Crippen molar-refractivity contribution in [1.82, 2.24) is 14.8 Å². The van der Waals surface area contributed by atoms with Gasteiger partial charge in [-0.2, -0.15) is 13.2 Å². The molecule has 0 bridgehead atoms. The van der Waals surface area contributed by atoms with Crippen molar-refractivity contribution in [3.63, 3.8) is 0 Å². The number of anilines is 1. The largest absolute Gasteiger partial charge is 0.417 e. The van der Waals surface area contributed by atoms with Gasteiger partial charge in [0.2, 0.25) is 11.8 Å². The molecule has 6 nitrogen and oxygen atoms in total. The van der Waals surface area contributed by atoms with Crippen LogP contribution >= 0.6 is 11.6 Å². The number of hydrogen-bond donors (Lipinski definition) is 0. The summed E-state index contributed by atoms with van der Waals surface area (Å²) in [6.45, 7) is 2.27. The molecular formula is C28H30ClF3N4O2. The van der Waals surface area contributed by atoms with E-state index in [1.165, 1.54) is 0 Å². The van der Waals surface area contributed by atoms with E-state index in [9.17, 15) is 22.8 Å². The number of pyridine rings is 1. The Morgan fingerprint density at radius 1 is 1.11 bits per heavy atom. The number of aromatic nitrogens is 1. The third-order valence-electron chi connectivity index (χ3n) is 9.10. The molecule has 1 saturated heterocycles. The topological polar surface area (TPSA) is 56.8 Å². The fraction of sp³-hybridized carbons (Fsp3) is 0.536. The van der Waals surface area contributed by atoms with E-state index in [4.69, 9.17) is 11.6 Å². The van der Waals surface area contributed by atoms with Gasteiger partial charge in [0.1, 0.15) is 0 Å². The molecule has 3 fully saturated rings. The minimum Gasteiger partial charge on any atom is -0.337 e. The van der Waals surface area contributed by atoms with Crippen molar-refractivity contribution in [3.05, 3.63) is 58.4 Å². The second-order valence-corrected chi connectivity index (χ2v) is 11.6. The highest BCUT2D eigenvalue weighted by molar-refractivity contribution is 6.30. The van der Waals surface area contributed by atoms with Crippen LogP contribution in [0.4, 0.5) is 18.9 Å². The third-order valence-corrected chi connectivity index (χ3v) is 9.35. The maximum absolute atomic E-state index is 14.0. The van der Waals surface area contributed by atoms with E-state index >= 15 is 0 Å². The van der Waals surface area contributed by atoms with Gasteiger partial charge in [0.05, 0.1) is 17.5 Å². The monoisotopic (exact) mass is 546 g/mol. The number of nitrogens with zero attached hydrogens (tertiary/aromatic N) is 4. The molecule has 2 saturated carbocycles. The summed E-state index contributed by atoms with van der Waals surface area (Å²) in [6.07, 6.45) is 1.23. The summed E-state index contributed by atoms with van der Waals surface area (Å²) in [5.74, 6) is 0.346. The van der Waals surface area contributed by atoms with Crippen molar-refractivity contribution in [3.8, 4) is 0 Å². The highest BCUT2D eigenvalue weighted by atomic mass is 35.5. The van der Waals surface area contributed by atoms with Gasteiger partial charge in [-0.05, 0) is 67.5 Å². The molecule has 2 aromatic rings. The molecular weight excluding hydrogens is 517 g/mol. The first-order valence-corrected chi connectivity index (χ1v) is 13.7. The number of alkyl halides is 3. The van der Waals surface area contributed by atoms with E-state index in [2.05, 4.69) is 9.88 Å². The van der Waals surface area contributed by atoms with E-state index in [0.29, 0.717) is 48.8 Å². The van der Waals surface area contributed by atoms with Crippen LogP contribution in [0.25, 0.3) is 0 Å². The summed E-state index contributed by atoms with van der Waals surface area (Å²) >= 11 is 6.00. The van der Waals surface area contributed by atoms with Crippen LogP contribution in [0.3, 0.4) is 0 Å². The fourth-order valence-corrected chi connectivity index (χ4v) is 7.33. The lowest BCUT2D eigenvalue weighted by molar-refractivity contribution is -0.144. The normalized spacial score (nSPS) is 27.9. The first kappa shape index (κ1) is 25.6. The van der Waals surface area contributed by atoms with Gasteiger partial charge in [0, 0.05) is 61.2 Å². The Morgan fingerprint density at radius 2 is 1.89 bits per heavy atom. The molecule has 38 heavy (non-hydrogen) atoms. The van der Waals surface area contributed by atoms with Gasteiger partial charge in [-0.1, -0.05) is 18.0 Å². The van der Waals surface area contributed by atoms with Crippen LogP contribution in [0, 0.1) is 11.3 Å².